The van der Waals surface area contributed by atoms with Crippen LogP contribution in [0.5, 0.6) is 0 Å². The van der Waals surface area contributed by atoms with Crippen molar-refractivity contribution in [3.8, 4) is 0 Å². The number of carbonyl (C=O) groups excluding carboxylic acids is 1. The Morgan fingerprint density at radius 3 is 2.46 bits per heavy atom. The van der Waals surface area contributed by atoms with E-state index in [1.807, 2.05) is 68.4 Å². The molecule has 0 aliphatic carbocycles. The lowest BCUT2D eigenvalue weighted by atomic mass is 10.0. The maximum Gasteiger partial charge on any atom is 0.272 e. The second-order valence-electron chi connectivity index (χ2n) is 6.25. The number of benzene rings is 2. The zero-order chi connectivity index (χ0) is 18.5. The topological polar surface area (TPSA) is 64.0 Å². The summed E-state index contributed by atoms with van der Waals surface area (Å²) in [4.78, 5) is 24.6. The van der Waals surface area contributed by atoms with Crippen LogP contribution in [0.25, 0.3) is 0 Å². The summed E-state index contributed by atoms with van der Waals surface area (Å²) >= 11 is 0. The highest BCUT2D eigenvalue weighted by Gasteiger charge is 2.15. The third-order valence-electron chi connectivity index (χ3n) is 4.28. The van der Waals surface area contributed by atoms with Crippen molar-refractivity contribution in [3.05, 3.63) is 99.5 Å². The van der Waals surface area contributed by atoms with E-state index in [-0.39, 0.29) is 23.2 Å². The van der Waals surface area contributed by atoms with Crippen LogP contribution in [0.1, 0.15) is 40.1 Å². The van der Waals surface area contributed by atoms with Crippen LogP contribution in [0.4, 0.5) is 0 Å². The van der Waals surface area contributed by atoms with Gasteiger partial charge in [-0.15, -0.1) is 0 Å². The number of amides is 1. The molecule has 5 heteroatoms. The Balaban J connectivity index is 1.78. The van der Waals surface area contributed by atoms with Gasteiger partial charge in [-0.05, 0) is 36.6 Å². The lowest BCUT2D eigenvalue weighted by Gasteiger charge is -2.16. The van der Waals surface area contributed by atoms with Gasteiger partial charge in [0.2, 0.25) is 0 Å². The summed E-state index contributed by atoms with van der Waals surface area (Å²) in [5.41, 5.74) is 3.10. The Morgan fingerprint density at radius 2 is 1.73 bits per heavy atom. The third-order valence-corrected chi connectivity index (χ3v) is 4.28. The number of hydrogen-bond acceptors (Lipinski definition) is 3. The zero-order valence-corrected chi connectivity index (χ0v) is 14.8. The van der Waals surface area contributed by atoms with Crippen LogP contribution >= 0.6 is 0 Å². The van der Waals surface area contributed by atoms with Gasteiger partial charge >= 0.3 is 0 Å². The van der Waals surface area contributed by atoms with E-state index in [4.69, 9.17) is 0 Å². The Kier molecular flexibility index (Phi) is 5.27. The van der Waals surface area contributed by atoms with Crippen LogP contribution in [0, 0.1) is 6.92 Å². The molecule has 0 saturated heterocycles. The zero-order valence-electron chi connectivity index (χ0n) is 14.8. The van der Waals surface area contributed by atoms with Crippen LogP contribution in [0.2, 0.25) is 0 Å². The highest BCUT2D eigenvalue weighted by molar-refractivity contribution is 5.92. The minimum absolute atomic E-state index is 0.153. The Labute approximate surface area is 152 Å². The molecule has 132 valence electrons. The quantitative estimate of drug-likeness (QED) is 0.771. The van der Waals surface area contributed by atoms with E-state index in [1.54, 1.807) is 0 Å². The second kappa shape index (κ2) is 7.78. The lowest BCUT2D eigenvalue weighted by molar-refractivity contribution is 0.0932. The molecule has 0 spiro atoms. The van der Waals surface area contributed by atoms with Gasteiger partial charge in [-0.1, -0.05) is 54.6 Å². The van der Waals surface area contributed by atoms with Crippen LogP contribution in [0.3, 0.4) is 0 Å². The molecular formula is C21H21N3O2. The summed E-state index contributed by atoms with van der Waals surface area (Å²) < 4.78 is 1.31. The van der Waals surface area contributed by atoms with Gasteiger partial charge in [-0.2, -0.15) is 5.10 Å². The standard InChI is InChI=1S/C21H21N3O2/c1-15-8-6-7-11-18(15)16(2)22-21(26)19-12-13-20(25)24(23-19)14-17-9-4-3-5-10-17/h3-13,16H,14H2,1-2H3,(H,22,26)/t16-/m0/s1. The second-order valence-corrected chi connectivity index (χ2v) is 6.25. The van der Waals surface area contributed by atoms with Crippen molar-refractivity contribution in [2.75, 3.05) is 0 Å². The average Bonchev–Trinajstić information content (AvgIpc) is 2.64. The van der Waals surface area contributed by atoms with Crippen LogP contribution in [-0.2, 0) is 6.54 Å². The molecule has 3 aromatic rings. The number of nitrogens with zero attached hydrogens (tertiary/aromatic N) is 2. The van der Waals surface area contributed by atoms with E-state index in [2.05, 4.69) is 10.4 Å². The van der Waals surface area contributed by atoms with Crippen LogP contribution in [0.15, 0.2) is 71.5 Å². The molecule has 0 bridgehead atoms. The van der Waals surface area contributed by atoms with Gasteiger partial charge in [0.25, 0.3) is 11.5 Å². The summed E-state index contributed by atoms with van der Waals surface area (Å²) in [5, 5.41) is 7.18. The van der Waals surface area contributed by atoms with Crippen molar-refractivity contribution in [1.29, 1.82) is 0 Å². The van der Waals surface area contributed by atoms with Crippen molar-refractivity contribution >= 4 is 5.91 Å². The van der Waals surface area contributed by atoms with Crippen molar-refractivity contribution < 1.29 is 4.79 Å². The number of aromatic nitrogens is 2. The van der Waals surface area contributed by atoms with Gasteiger partial charge in [0.1, 0.15) is 5.69 Å². The third kappa shape index (κ3) is 4.06. The molecule has 1 N–H and O–H groups in total. The van der Waals surface area contributed by atoms with Gasteiger partial charge in [0.05, 0.1) is 12.6 Å². The first-order valence-electron chi connectivity index (χ1n) is 8.53. The fourth-order valence-corrected chi connectivity index (χ4v) is 2.86. The predicted octanol–water partition coefficient (Wildman–Crippen LogP) is 3.09. The summed E-state index contributed by atoms with van der Waals surface area (Å²) in [6.07, 6.45) is 0. The molecule has 0 unspecified atom stereocenters. The summed E-state index contributed by atoms with van der Waals surface area (Å²) in [7, 11) is 0. The van der Waals surface area contributed by atoms with Gasteiger partial charge < -0.3 is 5.32 Å². The molecule has 1 atom stereocenters. The van der Waals surface area contributed by atoms with Crippen LogP contribution in [-0.4, -0.2) is 15.7 Å². The van der Waals surface area contributed by atoms with E-state index in [0.717, 1.165) is 16.7 Å². The Morgan fingerprint density at radius 1 is 1.04 bits per heavy atom. The first kappa shape index (κ1) is 17.6. The highest BCUT2D eigenvalue weighted by Crippen LogP contribution is 2.16. The van der Waals surface area contributed by atoms with E-state index in [9.17, 15) is 9.59 Å². The van der Waals surface area contributed by atoms with Crippen molar-refractivity contribution in [3.63, 3.8) is 0 Å². The summed E-state index contributed by atoms with van der Waals surface area (Å²) in [6, 6.07) is 20.2. The average molecular weight is 347 g/mol. The van der Waals surface area contributed by atoms with Gasteiger partial charge in [0.15, 0.2) is 0 Å². The molecule has 0 saturated carbocycles. The summed E-state index contributed by atoms with van der Waals surface area (Å²) in [6.45, 7) is 4.27. The molecule has 0 fully saturated rings. The minimum Gasteiger partial charge on any atom is -0.344 e. The highest BCUT2D eigenvalue weighted by atomic mass is 16.2. The fraction of sp³-hybridized carbons (Fsp3) is 0.190. The first-order valence-corrected chi connectivity index (χ1v) is 8.53. The number of carbonyl (C=O) groups is 1. The molecule has 1 aromatic heterocycles. The van der Waals surface area contributed by atoms with E-state index in [0.29, 0.717) is 6.54 Å². The number of hydrogen-bond donors (Lipinski definition) is 1. The smallest absolute Gasteiger partial charge is 0.272 e. The molecule has 1 heterocycles. The molecular weight excluding hydrogens is 326 g/mol. The van der Waals surface area contributed by atoms with Crippen LogP contribution < -0.4 is 10.9 Å². The first-order chi connectivity index (χ1) is 12.5. The number of nitrogens with one attached hydrogen (secondary N) is 1. The van der Waals surface area contributed by atoms with Gasteiger partial charge in [-0.3, -0.25) is 9.59 Å². The van der Waals surface area contributed by atoms with Gasteiger partial charge in [-0.25, -0.2) is 4.68 Å². The molecule has 1 amide bonds. The SMILES string of the molecule is Cc1ccccc1[C@H](C)NC(=O)c1ccc(=O)n(Cc2ccccc2)n1. The molecule has 2 aromatic carbocycles. The largest absolute Gasteiger partial charge is 0.344 e. The van der Waals surface area contributed by atoms with Crippen molar-refractivity contribution in [1.82, 2.24) is 15.1 Å². The molecule has 0 aliphatic heterocycles. The van der Waals surface area contributed by atoms with Crippen molar-refractivity contribution in [2.24, 2.45) is 0 Å². The minimum atomic E-state index is -0.303. The Hall–Kier alpha value is -3.21. The number of aryl methyl sites for hydroxylation is 1. The fourth-order valence-electron chi connectivity index (χ4n) is 2.86. The molecule has 26 heavy (non-hydrogen) atoms. The molecule has 3 rings (SSSR count). The molecule has 5 nitrogen and oxygen atoms in total. The number of rotatable bonds is 5. The molecule has 0 aliphatic rings. The van der Waals surface area contributed by atoms with Crippen molar-refractivity contribution in [2.45, 2.75) is 26.4 Å². The maximum atomic E-state index is 12.6. The molecule has 0 radical (unpaired) electrons. The summed E-state index contributed by atoms with van der Waals surface area (Å²) in [5.74, 6) is -0.303. The van der Waals surface area contributed by atoms with E-state index >= 15 is 0 Å². The Bertz CT molecular complexity index is 964. The van der Waals surface area contributed by atoms with E-state index in [1.165, 1.54) is 16.8 Å². The van der Waals surface area contributed by atoms with E-state index < -0.39 is 0 Å². The van der Waals surface area contributed by atoms with Gasteiger partial charge in [0, 0.05) is 6.07 Å². The lowest BCUT2D eigenvalue weighted by Crippen LogP contribution is -2.31. The normalized spacial score (nSPS) is 11.8. The monoisotopic (exact) mass is 347 g/mol. The predicted molar refractivity (Wildman–Crippen MR) is 101 cm³/mol. The maximum absolute atomic E-state index is 12.6.